The largest absolute Gasteiger partial charge is 0.473 e. The van der Waals surface area contributed by atoms with E-state index in [1.807, 2.05) is 43.3 Å². The Labute approximate surface area is 117 Å². The molecule has 0 atom stereocenters. The number of benzene rings is 1. The summed E-state index contributed by atoms with van der Waals surface area (Å²) in [4.78, 5) is 14.1. The summed E-state index contributed by atoms with van der Waals surface area (Å²) in [5.41, 5.74) is 3.07. The molecular weight excluding hydrogens is 256 g/mol. The Morgan fingerprint density at radius 2 is 1.90 bits per heavy atom. The van der Waals surface area contributed by atoms with Gasteiger partial charge in [-0.1, -0.05) is 24.3 Å². The maximum Gasteiger partial charge on any atom is 0.213 e. The number of hydrogen-bond acceptors (Lipinski definition) is 4. The first-order valence-electron chi connectivity index (χ1n) is 6.38. The molecule has 20 heavy (non-hydrogen) atoms. The molecule has 0 bridgehead atoms. The molecule has 1 aromatic carbocycles. The van der Waals surface area contributed by atoms with E-state index < -0.39 is 0 Å². The van der Waals surface area contributed by atoms with E-state index in [-0.39, 0.29) is 11.5 Å². The predicted octanol–water partition coefficient (Wildman–Crippen LogP) is 2.79. The van der Waals surface area contributed by atoms with Gasteiger partial charge in [-0.3, -0.25) is 10.1 Å². The van der Waals surface area contributed by atoms with Crippen molar-refractivity contribution in [1.29, 1.82) is 0 Å². The Balaban J connectivity index is 1.89. The van der Waals surface area contributed by atoms with Gasteiger partial charge in [-0.15, -0.1) is 0 Å². The quantitative estimate of drug-likeness (QED) is 0.599. The summed E-state index contributed by atoms with van der Waals surface area (Å²) >= 11 is 0. The van der Waals surface area contributed by atoms with Gasteiger partial charge in [0.15, 0.2) is 0 Å². The van der Waals surface area contributed by atoms with E-state index in [2.05, 4.69) is 4.98 Å². The molecule has 104 valence electrons. The van der Waals surface area contributed by atoms with Crippen molar-refractivity contribution in [3.8, 4) is 5.88 Å². The van der Waals surface area contributed by atoms with Crippen molar-refractivity contribution in [1.82, 2.24) is 4.98 Å². The summed E-state index contributed by atoms with van der Waals surface area (Å²) in [7, 11) is 0. The van der Waals surface area contributed by atoms with E-state index in [0.717, 1.165) is 16.7 Å². The van der Waals surface area contributed by atoms with Crippen LogP contribution in [-0.2, 0) is 13.0 Å². The van der Waals surface area contributed by atoms with Crippen LogP contribution in [0.1, 0.15) is 16.7 Å². The first kappa shape index (κ1) is 14.0. The van der Waals surface area contributed by atoms with Crippen LogP contribution in [0.15, 0.2) is 42.6 Å². The predicted molar refractivity (Wildman–Crippen MR) is 75.3 cm³/mol. The molecule has 0 unspecified atom stereocenters. The number of hydrogen-bond donors (Lipinski definition) is 0. The molecule has 0 aliphatic carbocycles. The molecule has 5 heteroatoms. The van der Waals surface area contributed by atoms with Gasteiger partial charge < -0.3 is 4.74 Å². The lowest BCUT2D eigenvalue weighted by atomic mass is 10.1. The average Bonchev–Trinajstić information content (AvgIpc) is 2.44. The molecule has 0 spiro atoms. The highest BCUT2D eigenvalue weighted by molar-refractivity contribution is 5.23. The molecule has 2 rings (SSSR count). The van der Waals surface area contributed by atoms with Crippen molar-refractivity contribution < 1.29 is 9.66 Å². The zero-order valence-electron chi connectivity index (χ0n) is 11.3. The number of rotatable bonds is 6. The van der Waals surface area contributed by atoms with Crippen molar-refractivity contribution in [2.75, 3.05) is 6.54 Å². The van der Waals surface area contributed by atoms with E-state index in [1.54, 1.807) is 6.20 Å². The molecular formula is C15H16N2O3. The van der Waals surface area contributed by atoms with Crippen LogP contribution < -0.4 is 4.74 Å². The van der Waals surface area contributed by atoms with Crippen LogP contribution in [0.3, 0.4) is 0 Å². The number of pyridine rings is 1. The van der Waals surface area contributed by atoms with E-state index in [9.17, 15) is 10.1 Å². The normalized spacial score (nSPS) is 10.2. The molecule has 5 nitrogen and oxygen atoms in total. The number of aromatic nitrogens is 1. The van der Waals surface area contributed by atoms with Crippen LogP contribution >= 0.6 is 0 Å². The lowest BCUT2D eigenvalue weighted by molar-refractivity contribution is -0.479. The van der Waals surface area contributed by atoms with E-state index in [4.69, 9.17) is 4.74 Å². The molecule has 0 aliphatic rings. The minimum absolute atomic E-state index is 0.0386. The van der Waals surface area contributed by atoms with Gasteiger partial charge in [0.05, 0.1) is 0 Å². The molecule has 2 aromatic rings. The van der Waals surface area contributed by atoms with Crippen molar-refractivity contribution in [3.63, 3.8) is 0 Å². The van der Waals surface area contributed by atoms with Crippen molar-refractivity contribution in [2.45, 2.75) is 20.0 Å². The third-order valence-electron chi connectivity index (χ3n) is 2.88. The average molecular weight is 272 g/mol. The SMILES string of the molecule is Cc1ccnc(OCc2ccc(CC[N+](=O)[O-])cc2)c1. The van der Waals surface area contributed by atoms with Crippen molar-refractivity contribution in [2.24, 2.45) is 0 Å². The van der Waals surface area contributed by atoms with Gasteiger partial charge in [0, 0.05) is 23.6 Å². The summed E-state index contributed by atoms with van der Waals surface area (Å²) < 4.78 is 5.59. The van der Waals surface area contributed by atoms with Crippen molar-refractivity contribution >= 4 is 0 Å². The van der Waals surface area contributed by atoms with Gasteiger partial charge in [-0.05, 0) is 29.7 Å². The fraction of sp³-hybridized carbons (Fsp3) is 0.267. The third-order valence-corrected chi connectivity index (χ3v) is 2.88. The monoisotopic (exact) mass is 272 g/mol. The number of nitrogens with zero attached hydrogens (tertiary/aromatic N) is 2. The van der Waals surface area contributed by atoms with Crippen molar-refractivity contribution in [3.05, 3.63) is 69.4 Å². The van der Waals surface area contributed by atoms with E-state index >= 15 is 0 Å². The molecule has 0 amide bonds. The van der Waals surface area contributed by atoms with E-state index in [1.165, 1.54) is 0 Å². The van der Waals surface area contributed by atoms with Gasteiger partial charge in [-0.25, -0.2) is 4.98 Å². The van der Waals surface area contributed by atoms with Gasteiger partial charge in [-0.2, -0.15) is 0 Å². The molecule has 0 fully saturated rings. The number of ether oxygens (including phenoxy) is 1. The zero-order chi connectivity index (χ0) is 14.4. The van der Waals surface area contributed by atoms with Crippen LogP contribution in [0.25, 0.3) is 0 Å². The topological polar surface area (TPSA) is 65.3 Å². The van der Waals surface area contributed by atoms with Gasteiger partial charge in [0.2, 0.25) is 12.4 Å². The second-order valence-corrected chi connectivity index (χ2v) is 4.58. The second-order valence-electron chi connectivity index (χ2n) is 4.58. The Morgan fingerprint density at radius 3 is 2.55 bits per heavy atom. The molecule has 0 saturated carbocycles. The fourth-order valence-electron chi connectivity index (χ4n) is 1.77. The lowest BCUT2D eigenvalue weighted by Crippen LogP contribution is -2.04. The van der Waals surface area contributed by atoms with Gasteiger partial charge in [0.25, 0.3) is 0 Å². The summed E-state index contributed by atoms with van der Waals surface area (Å²) in [6, 6.07) is 11.4. The maximum atomic E-state index is 10.3. The molecule has 0 radical (unpaired) electrons. The first-order valence-corrected chi connectivity index (χ1v) is 6.38. The maximum absolute atomic E-state index is 10.3. The van der Waals surface area contributed by atoms with Gasteiger partial charge >= 0.3 is 0 Å². The Bertz CT molecular complexity index is 582. The first-order chi connectivity index (χ1) is 9.63. The third kappa shape index (κ3) is 4.35. The Hall–Kier alpha value is -2.43. The molecule has 0 aliphatic heterocycles. The summed E-state index contributed by atoms with van der Waals surface area (Å²) in [6.07, 6.45) is 2.17. The fourth-order valence-corrected chi connectivity index (χ4v) is 1.77. The summed E-state index contributed by atoms with van der Waals surface area (Å²) in [6.45, 7) is 2.38. The van der Waals surface area contributed by atoms with E-state index in [0.29, 0.717) is 18.9 Å². The highest BCUT2D eigenvalue weighted by Crippen LogP contribution is 2.12. The molecule has 0 N–H and O–H groups in total. The standard InChI is InChI=1S/C15H16N2O3/c1-12-6-8-16-15(10-12)20-11-14-4-2-13(3-5-14)7-9-17(18)19/h2-6,8,10H,7,9,11H2,1H3. The smallest absolute Gasteiger partial charge is 0.213 e. The van der Waals surface area contributed by atoms with Gasteiger partial charge in [0.1, 0.15) is 6.61 Å². The van der Waals surface area contributed by atoms with Crippen LogP contribution in [0.4, 0.5) is 0 Å². The molecule has 0 saturated heterocycles. The number of aryl methyl sites for hydroxylation is 1. The van der Waals surface area contributed by atoms with Crippen LogP contribution in [-0.4, -0.2) is 16.5 Å². The zero-order valence-corrected chi connectivity index (χ0v) is 11.3. The minimum atomic E-state index is -0.305. The molecule has 1 heterocycles. The highest BCUT2D eigenvalue weighted by atomic mass is 16.6. The highest BCUT2D eigenvalue weighted by Gasteiger charge is 2.01. The second kappa shape index (κ2) is 6.65. The van der Waals surface area contributed by atoms with Crippen LogP contribution in [0.2, 0.25) is 0 Å². The minimum Gasteiger partial charge on any atom is -0.473 e. The van der Waals surface area contributed by atoms with Crippen LogP contribution in [0.5, 0.6) is 5.88 Å². The molecule has 1 aromatic heterocycles. The lowest BCUT2D eigenvalue weighted by Gasteiger charge is -2.06. The Kier molecular flexibility index (Phi) is 4.65. The summed E-state index contributed by atoms with van der Waals surface area (Å²) in [5.74, 6) is 0.599. The summed E-state index contributed by atoms with van der Waals surface area (Å²) in [5, 5.41) is 10.3. The Morgan fingerprint density at radius 1 is 1.20 bits per heavy atom. The van der Waals surface area contributed by atoms with Crippen LogP contribution in [0, 0.1) is 17.0 Å². The number of nitro groups is 1.